The molecule has 31 heavy (non-hydrogen) atoms. The largest absolute Gasteiger partial charge is 0.248 e. The highest BCUT2D eigenvalue weighted by molar-refractivity contribution is 7.16. The quantitative estimate of drug-likeness (QED) is 0.289. The first-order chi connectivity index (χ1) is 15.4. The smallest absolute Gasteiger partial charge is 0.0812 e. The van der Waals surface area contributed by atoms with Gasteiger partial charge in [0.05, 0.1) is 27.1 Å². The molecular formula is C28H16N2S. The minimum Gasteiger partial charge on any atom is -0.248 e. The van der Waals surface area contributed by atoms with Crippen LogP contribution in [0, 0.1) is 0 Å². The number of nitrogens with zero attached hydrogens (tertiary/aromatic N) is 2. The molecule has 0 amide bonds. The van der Waals surface area contributed by atoms with E-state index < -0.39 is 0 Å². The molecule has 1 aliphatic rings. The highest BCUT2D eigenvalue weighted by Gasteiger charge is 2.22. The molecule has 4 aromatic carbocycles. The molecule has 0 saturated carbocycles. The molecule has 2 heterocycles. The molecule has 0 aliphatic heterocycles. The SMILES string of the molecule is c1cc(-c2ccc3ncsc3c2)nc(-c2ccc3c4c(cccc24)-c2ccccc2-3)c1. The van der Waals surface area contributed by atoms with Crippen LogP contribution in [-0.4, -0.2) is 9.97 Å². The molecule has 0 fully saturated rings. The van der Waals surface area contributed by atoms with Crippen LogP contribution < -0.4 is 0 Å². The maximum atomic E-state index is 5.07. The predicted molar refractivity (Wildman–Crippen MR) is 130 cm³/mol. The third-order valence-corrected chi connectivity index (χ3v) is 6.99. The van der Waals surface area contributed by atoms with Crippen molar-refractivity contribution >= 4 is 32.3 Å². The maximum absolute atomic E-state index is 5.07. The number of thiazole rings is 1. The molecule has 0 bridgehead atoms. The Morgan fingerprint density at radius 3 is 2.23 bits per heavy atom. The summed E-state index contributed by atoms with van der Waals surface area (Å²) in [5.41, 5.74) is 12.5. The molecule has 2 aromatic heterocycles. The minimum atomic E-state index is 0.985. The average molecular weight is 413 g/mol. The van der Waals surface area contributed by atoms with E-state index in [0.29, 0.717) is 0 Å². The second kappa shape index (κ2) is 6.34. The van der Waals surface area contributed by atoms with Crippen molar-refractivity contribution in [1.82, 2.24) is 9.97 Å². The number of pyridine rings is 1. The fourth-order valence-electron chi connectivity index (χ4n) is 4.79. The van der Waals surface area contributed by atoms with E-state index in [9.17, 15) is 0 Å². The van der Waals surface area contributed by atoms with Gasteiger partial charge in [-0.1, -0.05) is 66.7 Å². The van der Waals surface area contributed by atoms with E-state index in [2.05, 4.69) is 96.0 Å². The third-order valence-electron chi connectivity index (χ3n) is 6.20. The maximum Gasteiger partial charge on any atom is 0.0812 e. The number of fused-ring (bicyclic) bond motifs is 4. The van der Waals surface area contributed by atoms with Crippen LogP contribution in [0.3, 0.4) is 0 Å². The zero-order valence-corrected chi connectivity index (χ0v) is 17.4. The second-order valence-electron chi connectivity index (χ2n) is 7.88. The molecule has 0 atom stereocenters. The molecule has 1 aliphatic carbocycles. The zero-order chi connectivity index (χ0) is 20.4. The lowest BCUT2D eigenvalue weighted by Gasteiger charge is -2.10. The van der Waals surface area contributed by atoms with Crippen molar-refractivity contribution in [3.8, 4) is 44.8 Å². The van der Waals surface area contributed by atoms with Crippen molar-refractivity contribution in [1.29, 1.82) is 0 Å². The summed E-state index contributed by atoms with van der Waals surface area (Å²) in [6.07, 6.45) is 0. The summed E-state index contributed by atoms with van der Waals surface area (Å²) in [5.74, 6) is 0. The van der Waals surface area contributed by atoms with Crippen LogP contribution in [-0.2, 0) is 0 Å². The normalized spacial score (nSPS) is 11.9. The lowest BCUT2D eigenvalue weighted by molar-refractivity contribution is 1.33. The van der Waals surface area contributed by atoms with Gasteiger partial charge in [-0.25, -0.2) is 9.97 Å². The van der Waals surface area contributed by atoms with E-state index in [1.165, 1.54) is 43.3 Å². The van der Waals surface area contributed by atoms with Gasteiger partial charge in [-0.15, -0.1) is 11.3 Å². The molecule has 0 N–H and O–H groups in total. The van der Waals surface area contributed by atoms with Gasteiger partial charge in [0.15, 0.2) is 0 Å². The topological polar surface area (TPSA) is 25.8 Å². The summed E-state index contributed by atoms with van der Waals surface area (Å²) in [6.45, 7) is 0. The van der Waals surface area contributed by atoms with Gasteiger partial charge >= 0.3 is 0 Å². The molecule has 3 heteroatoms. The standard InChI is InChI=1S/C28H16N2S/c1-2-6-19-18(5-1)21-7-3-8-22-20(12-13-23(19)28(21)22)25-10-4-9-24(30-25)17-11-14-26-27(15-17)31-16-29-26/h1-16H. The van der Waals surface area contributed by atoms with Crippen LogP contribution in [0.5, 0.6) is 0 Å². The first kappa shape index (κ1) is 16.9. The summed E-state index contributed by atoms with van der Waals surface area (Å²) in [6, 6.07) is 32.4. The molecule has 0 saturated heterocycles. The lowest BCUT2D eigenvalue weighted by atomic mass is 9.96. The first-order valence-electron chi connectivity index (χ1n) is 10.3. The number of benzene rings is 4. The van der Waals surface area contributed by atoms with E-state index >= 15 is 0 Å². The highest BCUT2D eigenvalue weighted by atomic mass is 32.1. The molecule has 0 unspecified atom stereocenters. The van der Waals surface area contributed by atoms with Gasteiger partial charge in [-0.05, 0) is 57.3 Å². The molecular weight excluding hydrogens is 396 g/mol. The molecule has 2 nitrogen and oxygen atoms in total. The monoisotopic (exact) mass is 412 g/mol. The highest BCUT2D eigenvalue weighted by Crippen LogP contribution is 2.48. The van der Waals surface area contributed by atoms with E-state index in [1.807, 2.05) is 5.51 Å². The molecule has 6 aromatic rings. The van der Waals surface area contributed by atoms with Crippen molar-refractivity contribution in [2.24, 2.45) is 0 Å². The van der Waals surface area contributed by atoms with Crippen LogP contribution in [0.4, 0.5) is 0 Å². The molecule has 144 valence electrons. The van der Waals surface area contributed by atoms with Gasteiger partial charge in [-0.2, -0.15) is 0 Å². The fraction of sp³-hybridized carbons (Fsp3) is 0. The molecule has 7 rings (SSSR count). The Balaban J connectivity index is 1.43. The Labute approximate surface area is 183 Å². The van der Waals surface area contributed by atoms with E-state index in [4.69, 9.17) is 4.98 Å². The van der Waals surface area contributed by atoms with Gasteiger partial charge in [0.2, 0.25) is 0 Å². The number of rotatable bonds is 2. The van der Waals surface area contributed by atoms with E-state index in [1.54, 1.807) is 11.3 Å². The van der Waals surface area contributed by atoms with Crippen LogP contribution in [0.1, 0.15) is 0 Å². The van der Waals surface area contributed by atoms with Crippen molar-refractivity contribution in [2.75, 3.05) is 0 Å². The Morgan fingerprint density at radius 2 is 1.32 bits per heavy atom. The number of hydrogen-bond acceptors (Lipinski definition) is 3. The van der Waals surface area contributed by atoms with Crippen LogP contribution in [0.2, 0.25) is 0 Å². The van der Waals surface area contributed by atoms with Crippen molar-refractivity contribution in [3.05, 3.63) is 96.5 Å². The van der Waals surface area contributed by atoms with Gasteiger partial charge in [0, 0.05) is 11.1 Å². The summed E-state index contributed by atoms with van der Waals surface area (Å²) in [7, 11) is 0. The Kier molecular flexibility index (Phi) is 3.46. The van der Waals surface area contributed by atoms with Crippen molar-refractivity contribution < 1.29 is 0 Å². The average Bonchev–Trinajstić information content (AvgIpc) is 3.43. The summed E-state index contributed by atoms with van der Waals surface area (Å²) >= 11 is 1.66. The van der Waals surface area contributed by atoms with E-state index in [0.717, 1.165) is 22.5 Å². The van der Waals surface area contributed by atoms with Gasteiger partial charge in [0.25, 0.3) is 0 Å². The Hall–Kier alpha value is -3.82. The van der Waals surface area contributed by atoms with Crippen LogP contribution in [0.15, 0.2) is 96.5 Å². The first-order valence-corrected chi connectivity index (χ1v) is 11.2. The van der Waals surface area contributed by atoms with Crippen LogP contribution in [0.25, 0.3) is 65.8 Å². The second-order valence-corrected chi connectivity index (χ2v) is 8.76. The number of hydrogen-bond donors (Lipinski definition) is 0. The third kappa shape index (κ3) is 2.44. The minimum absolute atomic E-state index is 0.985. The Morgan fingerprint density at radius 1 is 0.581 bits per heavy atom. The predicted octanol–water partition coefficient (Wildman–Crippen LogP) is 7.83. The van der Waals surface area contributed by atoms with Crippen molar-refractivity contribution in [3.63, 3.8) is 0 Å². The van der Waals surface area contributed by atoms with E-state index in [-0.39, 0.29) is 0 Å². The van der Waals surface area contributed by atoms with Gasteiger partial charge in [-0.3, -0.25) is 0 Å². The Bertz CT molecular complexity index is 1620. The summed E-state index contributed by atoms with van der Waals surface area (Å²) < 4.78 is 1.19. The van der Waals surface area contributed by atoms with Crippen molar-refractivity contribution in [2.45, 2.75) is 0 Å². The van der Waals surface area contributed by atoms with Crippen LogP contribution >= 0.6 is 11.3 Å². The number of aromatic nitrogens is 2. The van der Waals surface area contributed by atoms with Gasteiger partial charge in [0.1, 0.15) is 0 Å². The van der Waals surface area contributed by atoms with Gasteiger partial charge < -0.3 is 0 Å². The fourth-order valence-corrected chi connectivity index (χ4v) is 5.51. The summed E-state index contributed by atoms with van der Waals surface area (Å²) in [4.78, 5) is 9.46. The zero-order valence-electron chi connectivity index (χ0n) is 16.5. The molecule has 0 radical (unpaired) electrons. The molecule has 0 spiro atoms. The summed E-state index contributed by atoms with van der Waals surface area (Å²) in [5, 5.41) is 2.59. The lowest BCUT2D eigenvalue weighted by Crippen LogP contribution is -1.89.